The lowest BCUT2D eigenvalue weighted by atomic mass is 9.88. The van der Waals surface area contributed by atoms with E-state index < -0.39 is 51.9 Å². The summed E-state index contributed by atoms with van der Waals surface area (Å²) in [6.45, 7) is 5.09. The SMILES string of the molecule is COc1ccc(N)cc1CC1CNC(=O)CN(S(=O)(=O)c2ccc(N)c(C(=O)C3CCN(C(=O)OC(C)(C)C)CC3)c2)C1=O. The molecule has 0 saturated carbocycles. The number of sulfonamides is 1. The van der Waals surface area contributed by atoms with Crippen molar-refractivity contribution in [3.8, 4) is 5.75 Å². The van der Waals surface area contributed by atoms with Crippen LogP contribution in [0.4, 0.5) is 16.2 Å². The van der Waals surface area contributed by atoms with E-state index in [9.17, 15) is 27.6 Å². The van der Waals surface area contributed by atoms with E-state index in [0.717, 1.165) is 6.07 Å². The number of carbonyl (C=O) groups is 4. The molecule has 4 rings (SSSR count). The monoisotopic (exact) mass is 629 g/mol. The van der Waals surface area contributed by atoms with Gasteiger partial charge in [0.05, 0.1) is 17.9 Å². The highest BCUT2D eigenvalue weighted by Crippen LogP contribution is 2.30. The highest BCUT2D eigenvalue weighted by atomic mass is 32.2. The van der Waals surface area contributed by atoms with Crippen LogP contribution in [-0.2, 0) is 30.8 Å². The third-order valence-electron chi connectivity index (χ3n) is 7.59. The number of carbonyl (C=O) groups excluding carboxylic acids is 4. The Balaban J connectivity index is 1.55. The van der Waals surface area contributed by atoms with Crippen LogP contribution in [0.15, 0.2) is 41.3 Å². The zero-order valence-electron chi connectivity index (χ0n) is 25.3. The van der Waals surface area contributed by atoms with Crippen molar-refractivity contribution < 1.29 is 37.1 Å². The molecule has 238 valence electrons. The van der Waals surface area contributed by atoms with Gasteiger partial charge < -0.3 is 31.2 Å². The molecule has 2 aliphatic heterocycles. The number of hydrogen-bond acceptors (Lipinski definition) is 10. The van der Waals surface area contributed by atoms with Crippen molar-refractivity contribution in [2.24, 2.45) is 11.8 Å². The van der Waals surface area contributed by atoms with Crippen LogP contribution in [-0.4, -0.2) is 80.2 Å². The predicted octanol–water partition coefficient (Wildman–Crippen LogP) is 2.20. The van der Waals surface area contributed by atoms with Gasteiger partial charge >= 0.3 is 6.09 Å². The Kier molecular flexibility index (Phi) is 9.42. The molecule has 3 amide bonds. The van der Waals surface area contributed by atoms with E-state index in [1.807, 2.05) is 0 Å². The third kappa shape index (κ3) is 7.24. The Bertz CT molecular complexity index is 1560. The molecule has 1 atom stereocenters. The molecule has 2 aromatic rings. The summed E-state index contributed by atoms with van der Waals surface area (Å²) in [5, 5.41) is 2.61. The van der Waals surface area contributed by atoms with Crippen LogP contribution in [0.2, 0.25) is 0 Å². The van der Waals surface area contributed by atoms with Crippen molar-refractivity contribution in [1.82, 2.24) is 14.5 Å². The summed E-state index contributed by atoms with van der Waals surface area (Å²) in [5.41, 5.74) is 12.5. The first-order chi connectivity index (χ1) is 20.6. The largest absolute Gasteiger partial charge is 0.496 e. The summed E-state index contributed by atoms with van der Waals surface area (Å²) in [7, 11) is -3.10. The lowest BCUT2D eigenvalue weighted by Gasteiger charge is -2.33. The van der Waals surface area contributed by atoms with Crippen LogP contribution in [0.5, 0.6) is 5.75 Å². The molecule has 14 heteroatoms. The number of nitrogen functional groups attached to an aromatic ring is 2. The Hall–Kier alpha value is -4.33. The number of nitrogens with two attached hydrogens (primary N) is 2. The number of Topliss-reactive ketones (excluding diaryl/α,β-unsaturated/α-hetero) is 1. The second kappa shape index (κ2) is 12.7. The van der Waals surface area contributed by atoms with E-state index in [4.69, 9.17) is 20.9 Å². The Labute approximate surface area is 256 Å². The molecule has 44 heavy (non-hydrogen) atoms. The average Bonchev–Trinajstić information content (AvgIpc) is 3.10. The van der Waals surface area contributed by atoms with E-state index in [-0.39, 0.29) is 34.9 Å². The number of benzene rings is 2. The van der Waals surface area contributed by atoms with Crippen molar-refractivity contribution in [2.45, 2.75) is 50.5 Å². The van der Waals surface area contributed by atoms with E-state index >= 15 is 0 Å². The maximum atomic E-state index is 13.8. The maximum absolute atomic E-state index is 13.8. The smallest absolute Gasteiger partial charge is 0.410 e. The van der Waals surface area contributed by atoms with Gasteiger partial charge in [-0.1, -0.05) is 0 Å². The summed E-state index contributed by atoms with van der Waals surface area (Å²) < 4.78 is 39.0. The third-order valence-corrected chi connectivity index (χ3v) is 9.33. The molecule has 2 heterocycles. The van der Waals surface area contributed by atoms with E-state index in [1.165, 1.54) is 24.1 Å². The molecule has 0 spiro atoms. The summed E-state index contributed by atoms with van der Waals surface area (Å²) in [6, 6.07) is 8.58. The van der Waals surface area contributed by atoms with Crippen molar-refractivity contribution in [3.63, 3.8) is 0 Å². The van der Waals surface area contributed by atoms with Crippen molar-refractivity contribution >= 4 is 45.1 Å². The number of anilines is 2. The van der Waals surface area contributed by atoms with Crippen molar-refractivity contribution in [2.75, 3.05) is 44.8 Å². The Morgan fingerprint density at radius 3 is 2.36 bits per heavy atom. The fraction of sp³-hybridized carbons (Fsp3) is 0.467. The minimum atomic E-state index is -4.57. The van der Waals surface area contributed by atoms with Crippen molar-refractivity contribution in [1.29, 1.82) is 0 Å². The van der Waals surface area contributed by atoms with Crippen LogP contribution in [0.1, 0.15) is 49.5 Å². The van der Waals surface area contributed by atoms with Gasteiger partial charge in [-0.25, -0.2) is 17.5 Å². The van der Waals surface area contributed by atoms with Gasteiger partial charge in [-0.3, -0.25) is 14.4 Å². The van der Waals surface area contributed by atoms with Crippen molar-refractivity contribution in [3.05, 3.63) is 47.5 Å². The lowest BCUT2D eigenvalue weighted by molar-refractivity contribution is -0.131. The van der Waals surface area contributed by atoms with Crippen LogP contribution in [0, 0.1) is 11.8 Å². The molecule has 2 aromatic carbocycles. The normalized spacial score (nSPS) is 18.4. The zero-order valence-corrected chi connectivity index (χ0v) is 26.1. The van der Waals surface area contributed by atoms with Gasteiger partial charge in [0.1, 0.15) is 17.9 Å². The topological polar surface area (TPSA) is 191 Å². The summed E-state index contributed by atoms with van der Waals surface area (Å²) in [5.74, 6) is -2.76. The number of nitrogens with zero attached hydrogens (tertiary/aromatic N) is 2. The minimum Gasteiger partial charge on any atom is -0.496 e. The Morgan fingerprint density at radius 1 is 1.05 bits per heavy atom. The second-order valence-corrected chi connectivity index (χ2v) is 13.8. The van der Waals surface area contributed by atoms with E-state index in [1.54, 1.807) is 39.0 Å². The van der Waals surface area contributed by atoms with Gasteiger partial charge in [0.2, 0.25) is 11.8 Å². The fourth-order valence-electron chi connectivity index (χ4n) is 5.29. The van der Waals surface area contributed by atoms with E-state index in [0.29, 0.717) is 47.2 Å². The number of piperidine rings is 1. The summed E-state index contributed by atoms with van der Waals surface area (Å²) in [6.07, 6.45) is 0.282. The van der Waals surface area contributed by atoms with E-state index in [2.05, 4.69) is 5.32 Å². The van der Waals surface area contributed by atoms with Gasteiger partial charge in [-0.05, 0) is 82.0 Å². The molecule has 5 N–H and O–H groups in total. The highest BCUT2D eigenvalue weighted by molar-refractivity contribution is 7.89. The number of ketones is 1. The summed E-state index contributed by atoms with van der Waals surface area (Å²) >= 11 is 0. The van der Waals surface area contributed by atoms with Crippen LogP contribution in [0.25, 0.3) is 0 Å². The first kappa shape index (κ1) is 32.6. The number of ether oxygens (including phenoxy) is 2. The average molecular weight is 630 g/mol. The molecule has 2 saturated heterocycles. The van der Waals surface area contributed by atoms with Gasteiger partial charge in [0, 0.05) is 42.5 Å². The second-order valence-electron chi connectivity index (χ2n) is 12.0. The number of likely N-dealkylation sites (tertiary alicyclic amines) is 1. The molecule has 2 fully saturated rings. The molecular formula is C30H39N5O8S. The first-order valence-corrected chi connectivity index (χ1v) is 15.7. The molecule has 0 radical (unpaired) electrons. The summed E-state index contributed by atoms with van der Waals surface area (Å²) in [4.78, 5) is 53.3. The maximum Gasteiger partial charge on any atom is 0.410 e. The molecule has 13 nitrogen and oxygen atoms in total. The van der Waals surface area contributed by atoms with Gasteiger partial charge in [-0.15, -0.1) is 0 Å². The predicted molar refractivity (Wildman–Crippen MR) is 162 cm³/mol. The lowest BCUT2D eigenvalue weighted by Crippen LogP contribution is -2.43. The number of amides is 3. The fourth-order valence-corrected chi connectivity index (χ4v) is 6.72. The van der Waals surface area contributed by atoms with Crippen LogP contribution < -0.4 is 21.5 Å². The van der Waals surface area contributed by atoms with Gasteiger partial charge in [-0.2, -0.15) is 0 Å². The standard InChI is InChI=1S/C30H39N5O8S/c1-30(2,3)43-29(39)34-11-9-18(10-12-34)27(37)23-15-22(6-7-24(23)32)44(40,41)35-17-26(36)33-16-20(28(35)38)13-19-14-21(31)5-8-25(19)42-4/h5-8,14-15,18,20H,9-13,16-17,31-32H2,1-4H3,(H,33,36). The molecule has 2 aliphatic rings. The number of hydrogen-bond donors (Lipinski definition) is 3. The van der Waals surface area contributed by atoms with Gasteiger partial charge in [0.25, 0.3) is 10.0 Å². The first-order valence-electron chi connectivity index (χ1n) is 14.3. The minimum absolute atomic E-state index is 0.00503. The van der Waals surface area contributed by atoms with Crippen LogP contribution >= 0.6 is 0 Å². The molecule has 0 aliphatic carbocycles. The Morgan fingerprint density at radius 2 is 1.73 bits per heavy atom. The zero-order chi connectivity index (χ0) is 32.4. The molecule has 1 unspecified atom stereocenters. The molecule has 0 bridgehead atoms. The molecule has 0 aromatic heterocycles. The van der Waals surface area contributed by atoms with Gasteiger partial charge in [0.15, 0.2) is 5.78 Å². The van der Waals surface area contributed by atoms with Crippen LogP contribution in [0.3, 0.4) is 0 Å². The number of methoxy groups -OCH3 is 1. The number of rotatable bonds is 7. The quantitative estimate of drug-likeness (QED) is 0.302. The molecular weight excluding hydrogens is 590 g/mol. The highest BCUT2D eigenvalue weighted by Gasteiger charge is 2.39. The number of nitrogens with one attached hydrogen (secondary N) is 1.